The molecular formula is C70H119NO10. The smallest absolute Gasteiger partial charge is 0.306 e. The maximum Gasteiger partial charge on any atom is 0.306 e. The maximum absolute atomic E-state index is 13.4. The number of allylic oxidation sites excluding steroid dienone is 17. The van der Waals surface area contributed by atoms with Gasteiger partial charge >= 0.3 is 5.97 Å². The molecule has 1 rings (SSSR count). The van der Waals surface area contributed by atoms with Crippen LogP contribution in [0.4, 0.5) is 0 Å². The van der Waals surface area contributed by atoms with Crippen molar-refractivity contribution in [3.8, 4) is 0 Å². The van der Waals surface area contributed by atoms with E-state index >= 15 is 0 Å². The summed E-state index contributed by atoms with van der Waals surface area (Å²) in [5.74, 6) is -1.22. The average Bonchev–Trinajstić information content (AvgIpc) is 3.49. The SMILES string of the molecule is CC/C=C\C/C=C\C/C=C\C/C=C\C/C=C\C/C=C\CCCCCCCCCCC(=O)OC1C(OCC(NC(=O)C(O)CCCCCCC/C=C/C=C/CCCCC)C(O)/C=C/CCCCCCCCCCC)OC(CO)C(O)C1O. The Morgan fingerprint density at radius 2 is 0.926 bits per heavy atom. The van der Waals surface area contributed by atoms with Crippen LogP contribution in [-0.2, 0) is 23.8 Å². The number of unbranched alkanes of at least 4 members (excludes halogenated alkanes) is 25. The first-order valence-electron chi connectivity index (χ1n) is 32.7. The summed E-state index contributed by atoms with van der Waals surface area (Å²) in [5.41, 5.74) is 0. The number of nitrogens with one attached hydrogen (secondary N) is 1. The summed E-state index contributed by atoms with van der Waals surface area (Å²) in [6.45, 7) is 5.62. The molecule has 1 saturated heterocycles. The van der Waals surface area contributed by atoms with Gasteiger partial charge in [0, 0.05) is 6.42 Å². The quantitative estimate of drug-likeness (QED) is 0.0149. The number of carbonyl (C=O) groups is 2. The predicted molar refractivity (Wildman–Crippen MR) is 338 cm³/mol. The summed E-state index contributed by atoms with van der Waals surface area (Å²) in [7, 11) is 0. The lowest BCUT2D eigenvalue weighted by Gasteiger charge is -2.41. The maximum atomic E-state index is 13.4. The Bertz CT molecular complexity index is 1730. The second-order valence-electron chi connectivity index (χ2n) is 22.1. The second-order valence-corrected chi connectivity index (χ2v) is 22.1. The Hall–Kier alpha value is -3.68. The van der Waals surface area contributed by atoms with Crippen LogP contribution < -0.4 is 5.32 Å². The molecule has 1 heterocycles. The Morgan fingerprint density at radius 1 is 0.506 bits per heavy atom. The van der Waals surface area contributed by atoms with E-state index in [1.165, 1.54) is 77.0 Å². The van der Waals surface area contributed by atoms with Crippen LogP contribution in [0.2, 0.25) is 0 Å². The van der Waals surface area contributed by atoms with Gasteiger partial charge < -0.3 is 45.1 Å². The van der Waals surface area contributed by atoms with Crippen LogP contribution in [0.15, 0.2) is 109 Å². The molecule has 464 valence electrons. The first-order chi connectivity index (χ1) is 39.7. The molecule has 11 nitrogen and oxygen atoms in total. The van der Waals surface area contributed by atoms with E-state index in [0.717, 1.165) is 135 Å². The fourth-order valence-corrected chi connectivity index (χ4v) is 9.53. The first kappa shape index (κ1) is 75.3. The summed E-state index contributed by atoms with van der Waals surface area (Å²) in [4.78, 5) is 26.6. The number of hydrogen-bond acceptors (Lipinski definition) is 10. The highest BCUT2D eigenvalue weighted by Gasteiger charge is 2.47. The molecule has 81 heavy (non-hydrogen) atoms. The Morgan fingerprint density at radius 3 is 1.43 bits per heavy atom. The molecule has 11 heteroatoms. The molecule has 0 radical (unpaired) electrons. The van der Waals surface area contributed by atoms with Crippen molar-refractivity contribution < 1.29 is 49.3 Å². The van der Waals surface area contributed by atoms with Crippen LogP contribution in [0.25, 0.3) is 0 Å². The van der Waals surface area contributed by atoms with E-state index < -0.39 is 67.4 Å². The molecule has 0 aliphatic carbocycles. The number of amides is 1. The van der Waals surface area contributed by atoms with Gasteiger partial charge in [0.25, 0.3) is 0 Å². The van der Waals surface area contributed by atoms with Crippen molar-refractivity contribution in [1.82, 2.24) is 5.32 Å². The molecular weight excluding hydrogens is 1010 g/mol. The van der Waals surface area contributed by atoms with Crippen molar-refractivity contribution in [3.05, 3.63) is 109 Å². The largest absolute Gasteiger partial charge is 0.454 e. The molecule has 0 bridgehead atoms. The van der Waals surface area contributed by atoms with Gasteiger partial charge in [-0.15, -0.1) is 0 Å². The van der Waals surface area contributed by atoms with Gasteiger partial charge in [0.15, 0.2) is 12.4 Å². The summed E-state index contributed by atoms with van der Waals surface area (Å²) < 4.78 is 17.6. The molecule has 6 N–H and O–H groups in total. The predicted octanol–water partition coefficient (Wildman–Crippen LogP) is 16.1. The Labute approximate surface area is 494 Å². The van der Waals surface area contributed by atoms with Crippen molar-refractivity contribution in [1.29, 1.82) is 0 Å². The molecule has 0 saturated carbocycles. The lowest BCUT2D eigenvalue weighted by molar-refractivity contribution is -0.305. The monoisotopic (exact) mass is 1130 g/mol. The van der Waals surface area contributed by atoms with Crippen molar-refractivity contribution in [2.45, 2.75) is 307 Å². The number of esters is 1. The molecule has 0 aromatic heterocycles. The highest BCUT2D eigenvalue weighted by atomic mass is 16.7. The van der Waals surface area contributed by atoms with Crippen LogP contribution in [0.3, 0.4) is 0 Å². The molecule has 1 aliphatic rings. The topological polar surface area (TPSA) is 175 Å². The third-order valence-corrected chi connectivity index (χ3v) is 14.7. The summed E-state index contributed by atoms with van der Waals surface area (Å²) >= 11 is 0. The minimum atomic E-state index is -1.63. The second kappa shape index (κ2) is 56.8. The van der Waals surface area contributed by atoms with Crippen molar-refractivity contribution in [2.24, 2.45) is 0 Å². The Balaban J connectivity index is 2.59. The van der Waals surface area contributed by atoms with E-state index in [2.05, 4.69) is 123 Å². The van der Waals surface area contributed by atoms with E-state index in [1.54, 1.807) is 6.08 Å². The summed E-state index contributed by atoms with van der Waals surface area (Å²) in [6, 6.07) is -1.04. The zero-order valence-electron chi connectivity index (χ0n) is 51.4. The van der Waals surface area contributed by atoms with E-state index in [0.29, 0.717) is 12.8 Å². The third-order valence-electron chi connectivity index (χ3n) is 14.7. The molecule has 8 unspecified atom stereocenters. The van der Waals surface area contributed by atoms with Gasteiger partial charge in [-0.1, -0.05) is 259 Å². The highest BCUT2D eigenvalue weighted by molar-refractivity contribution is 5.80. The van der Waals surface area contributed by atoms with E-state index in [1.807, 2.05) is 6.08 Å². The highest BCUT2D eigenvalue weighted by Crippen LogP contribution is 2.26. The molecule has 1 aliphatic heterocycles. The number of aliphatic hydroxyl groups excluding tert-OH is 5. The van der Waals surface area contributed by atoms with Crippen LogP contribution in [0.5, 0.6) is 0 Å². The molecule has 0 aromatic rings. The Kier molecular flexibility index (Phi) is 52.8. The van der Waals surface area contributed by atoms with Crippen molar-refractivity contribution >= 4 is 11.9 Å². The van der Waals surface area contributed by atoms with Crippen molar-refractivity contribution in [2.75, 3.05) is 13.2 Å². The van der Waals surface area contributed by atoms with Gasteiger partial charge in [-0.2, -0.15) is 0 Å². The third kappa shape index (κ3) is 44.5. The van der Waals surface area contributed by atoms with Gasteiger partial charge in [0.1, 0.15) is 24.4 Å². The fraction of sp³-hybridized carbons (Fsp3) is 0.714. The lowest BCUT2D eigenvalue weighted by Crippen LogP contribution is -2.61. The normalized spacial score (nSPS) is 19.4. The van der Waals surface area contributed by atoms with Gasteiger partial charge in [0.05, 0.1) is 25.4 Å². The summed E-state index contributed by atoms with van der Waals surface area (Å²) in [6.07, 6.45) is 67.0. The fourth-order valence-electron chi connectivity index (χ4n) is 9.53. The van der Waals surface area contributed by atoms with E-state index in [-0.39, 0.29) is 19.4 Å². The molecule has 1 amide bonds. The molecule has 8 atom stereocenters. The minimum Gasteiger partial charge on any atom is -0.454 e. The van der Waals surface area contributed by atoms with E-state index in [4.69, 9.17) is 14.2 Å². The average molecular weight is 1130 g/mol. The summed E-state index contributed by atoms with van der Waals surface area (Å²) in [5, 5.41) is 57.0. The number of rotatable bonds is 54. The zero-order chi connectivity index (χ0) is 58.9. The van der Waals surface area contributed by atoms with E-state index in [9.17, 15) is 35.1 Å². The zero-order valence-corrected chi connectivity index (χ0v) is 51.4. The van der Waals surface area contributed by atoms with Gasteiger partial charge in [0.2, 0.25) is 5.91 Å². The van der Waals surface area contributed by atoms with Crippen LogP contribution >= 0.6 is 0 Å². The standard InChI is InChI=1S/C70H119NO10/c1-4-7-10-13-16-19-22-24-26-27-28-29-30-31-32-33-34-35-36-37-38-40-43-46-49-52-55-58-65(75)81-68-67(77)66(76)64(59-72)80-70(68)79-60-61(62(73)56-53-50-47-44-41-21-18-15-12-9-6-3)71-69(78)63(74)57-54-51-48-45-42-39-25-23-20-17-14-11-8-5-2/h7,10,16-17,19-20,23-26,28-29,31-32,34-35,53,56,61-64,66-68,70,72-74,76-77H,4-6,8-9,11-15,18,21-22,27,30,33,36-52,54-55,57-60H2,1-3H3,(H,71,78)/b10-7-,19-16-,20-17+,25-23+,26-24-,29-28-,32-31-,35-34-,56-53+. The number of aliphatic hydroxyl groups is 5. The molecule has 0 aromatic carbocycles. The van der Waals surface area contributed by atoms with Gasteiger partial charge in [-0.05, 0) is 103 Å². The first-order valence-corrected chi connectivity index (χ1v) is 32.7. The number of ether oxygens (including phenoxy) is 3. The molecule has 0 spiro atoms. The molecule has 1 fully saturated rings. The van der Waals surface area contributed by atoms with Crippen LogP contribution in [0.1, 0.15) is 258 Å². The number of hydrogen-bond donors (Lipinski definition) is 6. The van der Waals surface area contributed by atoms with Crippen molar-refractivity contribution in [3.63, 3.8) is 0 Å². The minimum absolute atomic E-state index is 0.106. The lowest BCUT2D eigenvalue weighted by atomic mass is 9.99. The van der Waals surface area contributed by atoms with Crippen LogP contribution in [-0.4, -0.2) is 99.6 Å². The van der Waals surface area contributed by atoms with Gasteiger partial charge in [-0.25, -0.2) is 0 Å². The number of carbonyl (C=O) groups excluding carboxylic acids is 2. The van der Waals surface area contributed by atoms with Gasteiger partial charge in [-0.3, -0.25) is 9.59 Å². The van der Waals surface area contributed by atoms with Crippen LogP contribution in [0, 0.1) is 0 Å².